The normalized spacial score (nSPS) is 28.7. The first-order valence-electron chi connectivity index (χ1n) is 6.08. The van der Waals surface area contributed by atoms with Crippen molar-refractivity contribution in [2.45, 2.75) is 39.2 Å². The number of oxime groups is 1. The van der Waals surface area contributed by atoms with Gasteiger partial charge >= 0.3 is 0 Å². The van der Waals surface area contributed by atoms with E-state index in [1.807, 2.05) is 6.92 Å². The van der Waals surface area contributed by atoms with Crippen molar-refractivity contribution in [3.63, 3.8) is 0 Å². The fraction of sp³-hybridized carbons (Fsp3) is 0.833. The van der Waals surface area contributed by atoms with Crippen molar-refractivity contribution in [1.29, 1.82) is 0 Å². The van der Waals surface area contributed by atoms with Crippen LogP contribution in [0.15, 0.2) is 5.16 Å². The summed E-state index contributed by atoms with van der Waals surface area (Å²) in [6.45, 7) is 5.42. The third kappa shape index (κ3) is 2.16. The van der Waals surface area contributed by atoms with Crippen LogP contribution in [0, 0.1) is 11.3 Å². The van der Waals surface area contributed by atoms with E-state index in [0.717, 1.165) is 0 Å². The molecular weight excluding hydrogens is 234 g/mol. The number of rotatable bonds is 4. The Hall–Kier alpha value is -1.30. The molecular formula is C12H23N3O3. The molecule has 6 nitrogen and oxygen atoms in total. The molecule has 1 rings (SSSR count). The largest absolute Gasteiger partial charge is 0.409 e. The summed E-state index contributed by atoms with van der Waals surface area (Å²) in [6, 6.07) is 0. The first kappa shape index (κ1) is 14.8. The van der Waals surface area contributed by atoms with Crippen molar-refractivity contribution in [3.8, 4) is 0 Å². The maximum absolute atomic E-state index is 12.5. The fourth-order valence-electron chi connectivity index (χ4n) is 2.42. The van der Waals surface area contributed by atoms with E-state index in [4.69, 9.17) is 10.9 Å². The monoisotopic (exact) mass is 257 g/mol. The number of amidine groups is 1. The number of aliphatic hydroxyl groups is 1. The molecule has 1 amide bonds. The molecule has 0 atom stereocenters. The molecule has 0 spiro atoms. The van der Waals surface area contributed by atoms with Gasteiger partial charge in [0.1, 0.15) is 5.41 Å². The highest BCUT2D eigenvalue weighted by Gasteiger charge is 2.54. The number of hydrogen-bond donors (Lipinski definition) is 3. The molecule has 1 aliphatic rings. The van der Waals surface area contributed by atoms with Crippen LogP contribution < -0.4 is 5.73 Å². The number of nitrogens with zero attached hydrogens (tertiary/aromatic N) is 2. The highest BCUT2D eigenvalue weighted by molar-refractivity contribution is 6.07. The van der Waals surface area contributed by atoms with Crippen molar-refractivity contribution >= 4 is 11.7 Å². The van der Waals surface area contributed by atoms with Crippen LogP contribution in [-0.4, -0.2) is 46.1 Å². The van der Waals surface area contributed by atoms with Gasteiger partial charge in [-0.15, -0.1) is 0 Å². The van der Waals surface area contributed by atoms with Crippen LogP contribution in [-0.2, 0) is 4.79 Å². The van der Waals surface area contributed by atoms with Gasteiger partial charge in [-0.3, -0.25) is 4.79 Å². The summed E-state index contributed by atoms with van der Waals surface area (Å²) in [5.74, 6) is 0.140. The van der Waals surface area contributed by atoms with Crippen LogP contribution in [0.5, 0.6) is 0 Å². The molecule has 0 aromatic carbocycles. The van der Waals surface area contributed by atoms with E-state index in [1.165, 1.54) is 4.90 Å². The predicted molar refractivity (Wildman–Crippen MR) is 68.2 cm³/mol. The number of amides is 1. The Morgan fingerprint density at radius 1 is 1.56 bits per heavy atom. The van der Waals surface area contributed by atoms with Crippen molar-refractivity contribution in [3.05, 3.63) is 0 Å². The lowest BCUT2D eigenvalue weighted by Gasteiger charge is -2.48. The average molecular weight is 257 g/mol. The van der Waals surface area contributed by atoms with Crippen molar-refractivity contribution in [2.24, 2.45) is 22.2 Å². The second kappa shape index (κ2) is 4.76. The second-order valence-corrected chi connectivity index (χ2v) is 5.92. The number of nitrogens with two attached hydrogens (primary N) is 1. The molecule has 0 unspecified atom stereocenters. The number of hydrogen-bond acceptors (Lipinski definition) is 4. The van der Waals surface area contributed by atoms with Gasteiger partial charge in [0.25, 0.3) is 0 Å². The number of aliphatic hydroxyl groups excluding tert-OH is 1. The Bertz CT molecular complexity index is 360. The Morgan fingerprint density at radius 2 is 2.06 bits per heavy atom. The van der Waals surface area contributed by atoms with Gasteiger partial charge < -0.3 is 20.9 Å². The molecule has 0 radical (unpaired) electrons. The Labute approximate surface area is 107 Å². The molecule has 4 N–H and O–H groups in total. The lowest BCUT2D eigenvalue weighted by molar-refractivity contribution is -0.149. The van der Waals surface area contributed by atoms with E-state index >= 15 is 0 Å². The molecule has 0 saturated heterocycles. The summed E-state index contributed by atoms with van der Waals surface area (Å²) < 4.78 is 0. The summed E-state index contributed by atoms with van der Waals surface area (Å²) in [5, 5.41) is 21.2. The van der Waals surface area contributed by atoms with Crippen molar-refractivity contribution in [2.75, 3.05) is 13.7 Å². The predicted octanol–water partition coefficient (Wildman–Crippen LogP) is 0.378. The zero-order valence-electron chi connectivity index (χ0n) is 11.5. The Balaban J connectivity index is 3.00. The second-order valence-electron chi connectivity index (χ2n) is 5.92. The molecule has 1 fully saturated rings. The maximum atomic E-state index is 12.5. The minimum atomic E-state index is -0.907. The zero-order valence-corrected chi connectivity index (χ0v) is 11.5. The highest BCUT2D eigenvalue weighted by Crippen LogP contribution is 2.47. The van der Waals surface area contributed by atoms with E-state index in [-0.39, 0.29) is 18.3 Å². The highest BCUT2D eigenvalue weighted by atomic mass is 16.4. The van der Waals surface area contributed by atoms with E-state index in [9.17, 15) is 9.90 Å². The molecule has 104 valence electrons. The van der Waals surface area contributed by atoms with E-state index in [0.29, 0.717) is 18.8 Å². The summed E-state index contributed by atoms with van der Waals surface area (Å²) in [4.78, 5) is 14.0. The fourth-order valence-corrected chi connectivity index (χ4v) is 2.42. The van der Waals surface area contributed by atoms with Gasteiger partial charge in [-0.05, 0) is 32.6 Å². The minimum Gasteiger partial charge on any atom is -0.409 e. The Kier molecular flexibility index (Phi) is 3.90. The molecule has 1 saturated carbocycles. The lowest BCUT2D eigenvalue weighted by atomic mass is 9.60. The molecule has 0 aliphatic heterocycles. The molecule has 18 heavy (non-hydrogen) atoms. The Morgan fingerprint density at radius 3 is 2.39 bits per heavy atom. The first-order valence-corrected chi connectivity index (χ1v) is 6.08. The third-order valence-corrected chi connectivity index (χ3v) is 4.00. The van der Waals surface area contributed by atoms with Crippen LogP contribution >= 0.6 is 0 Å². The quantitative estimate of drug-likeness (QED) is 0.293. The molecule has 0 bridgehead atoms. The number of likely N-dealkylation sites (N-methyl/N-ethyl adjacent to an activating group) is 1. The maximum Gasteiger partial charge on any atom is 0.236 e. The van der Waals surface area contributed by atoms with E-state index < -0.39 is 11.0 Å². The van der Waals surface area contributed by atoms with Gasteiger partial charge in [0, 0.05) is 7.05 Å². The number of carbonyl (C=O) groups excluding carboxylic acids is 1. The standard InChI is InChI=1S/C12H23N3O3/c1-8-5-12(6-8,9(13)14-18)10(17)15(4)11(2,3)7-16/h8,16,18H,5-7H2,1-4H3,(H2,13,14). The van der Waals surface area contributed by atoms with Gasteiger partial charge in [0.2, 0.25) is 5.91 Å². The SMILES string of the molecule is CC1CC(C(=O)N(C)C(C)(C)CO)(C(N)=NO)C1. The first-order chi connectivity index (χ1) is 8.21. The minimum absolute atomic E-state index is 0.0359. The van der Waals surface area contributed by atoms with Crippen molar-refractivity contribution < 1.29 is 15.1 Å². The van der Waals surface area contributed by atoms with Gasteiger partial charge in [0.15, 0.2) is 5.84 Å². The van der Waals surface area contributed by atoms with Gasteiger partial charge in [-0.2, -0.15) is 0 Å². The topological polar surface area (TPSA) is 99.2 Å². The summed E-state index contributed by atoms with van der Waals surface area (Å²) in [7, 11) is 1.63. The molecule has 0 aromatic rings. The van der Waals surface area contributed by atoms with Gasteiger partial charge in [-0.1, -0.05) is 12.1 Å². The smallest absolute Gasteiger partial charge is 0.236 e. The van der Waals surface area contributed by atoms with E-state index in [2.05, 4.69) is 5.16 Å². The lowest BCUT2D eigenvalue weighted by Crippen LogP contribution is -2.61. The third-order valence-electron chi connectivity index (χ3n) is 4.00. The number of carbonyl (C=O) groups is 1. The van der Waals surface area contributed by atoms with Crippen LogP contribution in [0.3, 0.4) is 0 Å². The molecule has 0 heterocycles. The van der Waals surface area contributed by atoms with Crippen LogP contribution in [0.4, 0.5) is 0 Å². The van der Waals surface area contributed by atoms with Gasteiger partial charge in [0.05, 0.1) is 12.1 Å². The van der Waals surface area contributed by atoms with Crippen LogP contribution in [0.25, 0.3) is 0 Å². The summed E-state index contributed by atoms with van der Waals surface area (Å²) in [5.41, 5.74) is 4.11. The zero-order chi connectivity index (χ0) is 14.1. The van der Waals surface area contributed by atoms with Gasteiger partial charge in [-0.25, -0.2) is 0 Å². The average Bonchev–Trinajstić information content (AvgIpc) is 2.31. The van der Waals surface area contributed by atoms with Crippen molar-refractivity contribution in [1.82, 2.24) is 4.90 Å². The molecule has 0 aromatic heterocycles. The van der Waals surface area contributed by atoms with Crippen LogP contribution in [0.2, 0.25) is 0 Å². The summed E-state index contributed by atoms with van der Waals surface area (Å²) >= 11 is 0. The summed E-state index contributed by atoms with van der Waals surface area (Å²) in [6.07, 6.45) is 1.15. The molecule has 6 heteroatoms. The molecule has 1 aliphatic carbocycles. The van der Waals surface area contributed by atoms with Crippen LogP contribution in [0.1, 0.15) is 33.6 Å². The van der Waals surface area contributed by atoms with E-state index in [1.54, 1.807) is 20.9 Å².